The maximum Gasteiger partial charge on any atom is 0.274 e. The first-order valence-corrected chi connectivity index (χ1v) is 8.53. The number of nitrogens with zero attached hydrogens (tertiary/aromatic N) is 5. The van der Waals surface area contributed by atoms with Gasteiger partial charge < -0.3 is 4.57 Å². The lowest BCUT2D eigenvalue weighted by Gasteiger charge is -2.12. The lowest BCUT2D eigenvalue weighted by molar-refractivity contribution is 0.736. The summed E-state index contributed by atoms with van der Waals surface area (Å²) in [6.07, 6.45) is 3.50. The number of fused-ring (bicyclic) bond motifs is 1. The number of hydrogen-bond donors (Lipinski definition) is 0. The highest BCUT2D eigenvalue weighted by atomic mass is 35.5. The first-order chi connectivity index (χ1) is 12.5. The maximum atomic E-state index is 12.4. The smallest absolute Gasteiger partial charge is 0.274 e. The molecule has 0 amide bonds. The summed E-state index contributed by atoms with van der Waals surface area (Å²) >= 11 is 5.86. The number of halogens is 1. The Bertz CT molecular complexity index is 1140. The second-order valence-corrected chi connectivity index (χ2v) is 6.57. The van der Waals surface area contributed by atoms with Crippen LogP contribution in [0, 0.1) is 13.8 Å². The normalized spacial score (nSPS) is 11.2. The average molecular weight is 366 g/mol. The van der Waals surface area contributed by atoms with Gasteiger partial charge in [0.05, 0.1) is 12.2 Å². The molecule has 0 bridgehead atoms. The summed E-state index contributed by atoms with van der Waals surface area (Å²) in [5.41, 5.74) is 4.92. The largest absolute Gasteiger partial charge is 0.326 e. The molecule has 6 nitrogen and oxygen atoms in total. The Labute approximate surface area is 154 Å². The molecule has 0 N–H and O–H groups in total. The topological polar surface area (TPSA) is 65.1 Å². The summed E-state index contributed by atoms with van der Waals surface area (Å²) < 4.78 is 3.45. The van der Waals surface area contributed by atoms with Crippen molar-refractivity contribution in [2.45, 2.75) is 20.4 Å². The average Bonchev–Trinajstić information content (AvgIpc) is 3.07. The summed E-state index contributed by atoms with van der Waals surface area (Å²) in [5, 5.41) is 4.93. The summed E-state index contributed by atoms with van der Waals surface area (Å²) in [5.74, 6) is 0. The van der Waals surface area contributed by atoms with Gasteiger partial charge >= 0.3 is 0 Å². The summed E-state index contributed by atoms with van der Waals surface area (Å²) in [7, 11) is 0. The number of rotatable bonds is 3. The number of pyridine rings is 2. The van der Waals surface area contributed by atoms with Gasteiger partial charge in [0, 0.05) is 41.5 Å². The summed E-state index contributed by atoms with van der Waals surface area (Å²) in [6.45, 7) is 4.41. The van der Waals surface area contributed by atoms with E-state index in [4.69, 9.17) is 11.6 Å². The van der Waals surface area contributed by atoms with Crippen LogP contribution in [0.15, 0.2) is 53.6 Å². The van der Waals surface area contributed by atoms with Crippen molar-refractivity contribution in [3.63, 3.8) is 0 Å². The molecule has 0 aliphatic rings. The second-order valence-electron chi connectivity index (χ2n) is 6.19. The van der Waals surface area contributed by atoms with E-state index in [1.807, 2.05) is 42.7 Å². The molecule has 4 aromatic rings. The zero-order chi connectivity index (χ0) is 18.3. The molecule has 0 atom stereocenters. The highest BCUT2D eigenvalue weighted by Crippen LogP contribution is 2.20. The van der Waals surface area contributed by atoms with Gasteiger partial charge in [0.1, 0.15) is 10.8 Å². The van der Waals surface area contributed by atoms with Crippen LogP contribution in [0.1, 0.15) is 17.0 Å². The van der Waals surface area contributed by atoms with E-state index >= 15 is 0 Å². The highest BCUT2D eigenvalue weighted by Gasteiger charge is 2.12. The molecule has 26 heavy (non-hydrogen) atoms. The Morgan fingerprint density at radius 2 is 1.88 bits per heavy atom. The van der Waals surface area contributed by atoms with E-state index in [0.29, 0.717) is 17.4 Å². The van der Waals surface area contributed by atoms with Crippen molar-refractivity contribution in [3.8, 4) is 11.3 Å². The van der Waals surface area contributed by atoms with Crippen molar-refractivity contribution in [3.05, 3.63) is 81.3 Å². The molecular formula is C19H16ClN5O. The van der Waals surface area contributed by atoms with E-state index in [9.17, 15) is 4.79 Å². The predicted octanol–water partition coefficient (Wildman–Crippen LogP) is 3.27. The fourth-order valence-corrected chi connectivity index (χ4v) is 2.98. The lowest BCUT2D eigenvalue weighted by Crippen LogP contribution is -2.20. The van der Waals surface area contributed by atoms with Crippen molar-refractivity contribution in [1.82, 2.24) is 24.1 Å². The van der Waals surface area contributed by atoms with Crippen LogP contribution in [0.3, 0.4) is 0 Å². The van der Waals surface area contributed by atoms with Crippen LogP contribution in [0.2, 0.25) is 5.15 Å². The molecule has 0 spiro atoms. The number of hydrogen-bond acceptors (Lipinski definition) is 4. The van der Waals surface area contributed by atoms with Crippen LogP contribution >= 0.6 is 11.6 Å². The van der Waals surface area contributed by atoms with Crippen molar-refractivity contribution in [1.29, 1.82) is 0 Å². The van der Waals surface area contributed by atoms with Crippen molar-refractivity contribution in [2.75, 3.05) is 0 Å². The first-order valence-electron chi connectivity index (χ1n) is 8.15. The fourth-order valence-electron chi connectivity index (χ4n) is 2.87. The Morgan fingerprint density at radius 1 is 1.04 bits per heavy atom. The molecule has 130 valence electrons. The van der Waals surface area contributed by atoms with Gasteiger partial charge in [0.2, 0.25) is 0 Å². The van der Waals surface area contributed by atoms with Gasteiger partial charge in [-0.25, -0.2) is 4.98 Å². The molecule has 0 unspecified atom stereocenters. The zero-order valence-electron chi connectivity index (χ0n) is 14.3. The Kier molecular flexibility index (Phi) is 4.05. The molecular weight excluding hydrogens is 350 g/mol. The SMILES string of the molecule is Cc1ccc(-c2cc3n(Cc4ccc(Cl)nc4)c(C)cc(=O)n3n2)cn1. The Morgan fingerprint density at radius 3 is 2.58 bits per heavy atom. The van der Waals surface area contributed by atoms with Gasteiger partial charge in [-0.3, -0.25) is 9.78 Å². The molecule has 4 aromatic heterocycles. The van der Waals surface area contributed by atoms with Gasteiger partial charge in [0.25, 0.3) is 5.56 Å². The van der Waals surface area contributed by atoms with Gasteiger partial charge in [-0.15, -0.1) is 0 Å². The molecule has 0 fully saturated rings. The van der Waals surface area contributed by atoms with Crippen LogP contribution in [0.5, 0.6) is 0 Å². The monoisotopic (exact) mass is 365 g/mol. The number of aryl methyl sites for hydroxylation is 2. The van der Waals surface area contributed by atoms with E-state index in [1.54, 1.807) is 24.5 Å². The molecule has 0 aromatic carbocycles. The second kappa shape index (κ2) is 6.38. The Hall–Kier alpha value is -2.99. The minimum atomic E-state index is -0.158. The molecule has 0 saturated carbocycles. The number of aromatic nitrogens is 5. The quantitative estimate of drug-likeness (QED) is 0.523. The van der Waals surface area contributed by atoms with Crippen LogP contribution in [-0.2, 0) is 6.54 Å². The predicted molar refractivity (Wildman–Crippen MR) is 101 cm³/mol. The molecule has 0 radical (unpaired) electrons. The Balaban J connectivity index is 1.85. The molecule has 4 rings (SSSR count). The summed E-state index contributed by atoms with van der Waals surface area (Å²) in [4.78, 5) is 20.8. The minimum Gasteiger partial charge on any atom is -0.326 e. The van der Waals surface area contributed by atoms with Crippen LogP contribution in [-0.4, -0.2) is 24.1 Å². The van der Waals surface area contributed by atoms with E-state index in [1.165, 1.54) is 4.52 Å². The van der Waals surface area contributed by atoms with E-state index < -0.39 is 0 Å². The van der Waals surface area contributed by atoms with Crippen LogP contribution < -0.4 is 5.56 Å². The molecule has 0 aliphatic carbocycles. The van der Waals surface area contributed by atoms with Gasteiger partial charge in [-0.2, -0.15) is 9.61 Å². The third-order valence-electron chi connectivity index (χ3n) is 4.27. The third kappa shape index (κ3) is 2.99. The van der Waals surface area contributed by atoms with Crippen molar-refractivity contribution in [2.24, 2.45) is 0 Å². The van der Waals surface area contributed by atoms with E-state index in [-0.39, 0.29) is 5.56 Å². The minimum absolute atomic E-state index is 0.158. The van der Waals surface area contributed by atoms with Crippen molar-refractivity contribution < 1.29 is 0 Å². The van der Waals surface area contributed by atoms with E-state index in [0.717, 1.165) is 28.2 Å². The van der Waals surface area contributed by atoms with E-state index in [2.05, 4.69) is 15.1 Å². The van der Waals surface area contributed by atoms with Gasteiger partial charge in [-0.05, 0) is 37.6 Å². The molecule has 4 heterocycles. The standard InChI is InChI=1S/C19H16ClN5O/c1-12-3-5-15(10-21-12)16-8-18-24(11-14-4-6-17(20)22-9-14)13(2)7-19(26)25(18)23-16/h3-10H,11H2,1-2H3. The highest BCUT2D eigenvalue weighted by molar-refractivity contribution is 6.29. The van der Waals surface area contributed by atoms with Crippen molar-refractivity contribution >= 4 is 17.2 Å². The molecule has 0 saturated heterocycles. The molecule has 0 aliphatic heterocycles. The van der Waals surface area contributed by atoms with Gasteiger partial charge in [0.15, 0.2) is 0 Å². The maximum absolute atomic E-state index is 12.4. The lowest BCUT2D eigenvalue weighted by atomic mass is 10.2. The first kappa shape index (κ1) is 16.5. The zero-order valence-corrected chi connectivity index (χ0v) is 15.1. The van der Waals surface area contributed by atoms with Crippen LogP contribution in [0.4, 0.5) is 0 Å². The third-order valence-corrected chi connectivity index (χ3v) is 4.49. The van der Waals surface area contributed by atoms with Crippen LogP contribution in [0.25, 0.3) is 16.9 Å². The summed E-state index contributed by atoms with van der Waals surface area (Å²) in [6, 6.07) is 11.0. The fraction of sp³-hybridized carbons (Fsp3) is 0.158. The van der Waals surface area contributed by atoms with Gasteiger partial charge in [-0.1, -0.05) is 17.7 Å². The molecule has 7 heteroatoms.